The van der Waals surface area contributed by atoms with E-state index >= 15 is 0 Å². The Labute approximate surface area is 188 Å². The van der Waals surface area contributed by atoms with Crippen LogP contribution in [0.5, 0.6) is 0 Å². The number of aromatic amines is 1. The van der Waals surface area contributed by atoms with Crippen LogP contribution in [0, 0.1) is 13.8 Å². The van der Waals surface area contributed by atoms with Crippen LogP contribution in [0.2, 0.25) is 0 Å². The molecule has 168 valence electrons. The highest BCUT2D eigenvalue weighted by Crippen LogP contribution is 2.26. The van der Waals surface area contributed by atoms with Gasteiger partial charge in [-0.1, -0.05) is 43.3 Å². The Morgan fingerprint density at radius 3 is 2.53 bits per heavy atom. The first-order chi connectivity index (χ1) is 15.4. The third-order valence-corrected chi connectivity index (χ3v) is 6.62. The average molecular weight is 434 g/mol. The standard InChI is InChI=1S/C26H31N3O3/c1-5-18-9-11-19(12-10-18)14-29-15-20(13-23(29)26(31)32-4)28-25(30)22-8-6-7-21-16(2)17(3)27-24(21)22/h6-12,20,23,27H,5,13-15H2,1-4H3,(H,28,30)/t20-,23+/m1/s1. The van der Waals surface area contributed by atoms with Gasteiger partial charge in [0, 0.05) is 30.2 Å². The molecule has 2 heterocycles. The molecular formula is C26H31N3O3. The van der Waals surface area contributed by atoms with Gasteiger partial charge in [0.2, 0.25) is 0 Å². The van der Waals surface area contributed by atoms with E-state index < -0.39 is 0 Å². The van der Waals surface area contributed by atoms with Crippen molar-refractivity contribution in [1.29, 1.82) is 0 Å². The highest BCUT2D eigenvalue weighted by atomic mass is 16.5. The van der Waals surface area contributed by atoms with Crippen LogP contribution in [0.4, 0.5) is 0 Å². The third-order valence-electron chi connectivity index (χ3n) is 6.62. The zero-order valence-corrected chi connectivity index (χ0v) is 19.2. The van der Waals surface area contributed by atoms with E-state index in [2.05, 4.69) is 53.3 Å². The third kappa shape index (κ3) is 4.28. The highest BCUT2D eigenvalue weighted by Gasteiger charge is 2.38. The summed E-state index contributed by atoms with van der Waals surface area (Å²) >= 11 is 0. The van der Waals surface area contributed by atoms with E-state index in [9.17, 15) is 9.59 Å². The zero-order valence-electron chi connectivity index (χ0n) is 19.2. The van der Waals surface area contributed by atoms with Crippen molar-refractivity contribution < 1.29 is 14.3 Å². The van der Waals surface area contributed by atoms with Crippen LogP contribution < -0.4 is 5.32 Å². The largest absolute Gasteiger partial charge is 0.468 e. The normalized spacial score (nSPS) is 18.8. The van der Waals surface area contributed by atoms with Gasteiger partial charge < -0.3 is 15.0 Å². The summed E-state index contributed by atoms with van der Waals surface area (Å²) in [7, 11) is 1.42. The van der Waals surface area contributed by atoms with Crippen molar-refractivity contribution in [2.75, 3.05) is 13.7 Å². The van der Waals surface area contributed by atoms with Crippen LogP contribution >= 0.6 is 0 Å². The molecule has 0 aliphatic carbocycles. The van der Waals surface area contributed by atoms with Gasteiger partial charge in [-0.25, -0.2) is 0 Å². The molecule has 2 atom stereocenters. The fraction of sp³-hybridized carbons (Fsp3) is 0.385. The van der Waals surface area contributed by atoms with Crippen LogP contribution in [0.25, 0.3) is 10.9 Å². The van der Waals surface area contributed by atoms with E-state index in [1.54, 1.807) is 0 Å². The molecule has 3 aromatic rings. The van der Waals surface area contributed by atoms with Gasteiger partial charge in [0.05, 0.1) is 18.2 Å². The molecule has 32 heavy (non-hydrogen) atoms. The van der Waals surface area contributed by atoms with E-state index in [1.807, 2.05) is 25.1 Å². The summed E-state index contributed by atoms with van der Waals surface area (Å²) in [6, 6.07) is 13.7. The molecule has 1 fully saturated rings. The molecule has 0 bridgehead atoms. The summed E-state index contributed by atoms with van der Waals surface area (Å²) < 4.78 is 5.05. The van der Waals surface area contributed by atoms with Crippen molar-refractivity contribution in [3.8, 4) is 0 Å². The number of benzene rings is 2. The number of aryl methyl sites for hydroxylation is 3. The average Bonchev–Trinajstić information content (AvgIpc) is 3.33. The molecule has 0 unspecified atom stereocenters. The number of nitrogens with zero attached hydrogens (tertiary/aromatic N) is 1. The maximum absolute atomic E-state index is 13.2. The topological polar surface area (TPSA) is 74.4 Å². The molecule has 1 aliphatic heterocycles. The van der Waals surface area contributed by atoms with E-state index in [1.165, 1.54) is 12.7 Å². The number of methoxy groups -OCH3 is 1. The summed E-state index contributed by atoms with van der Waals surface area (Å²) in [5.74, 6) is -0.385. The van der Waals surface area contributed by atoms with Crippen LogP contribution in [-0.2, 0) is 22.5 Å². The second kappa shape index (κ2) is 9.17. The van der Waals surface area contributed by atoms with Crippen molar-refractivity contribution in [2.24, 2.45) is 0 Å². The number of hydrogen-bond acceptors (Lipinski definition) is 4. The number of amides is 1. The van der Waals surface area contributed by atoms with Crippen molar-refractivity contribution >= 4 is 22.8 Å². The number of rotatable bonds is 6. The van der Waals surface area contributed by atoms with Crippen molar-refractivity contribution in [3.63, 3.8) is 0 Å². The molecule has 0 spiro atoms. The summed E-state index contributed by atoms with van der Waals surface area (Å²) in [6.07, 6.45) is 1.53. The van der Waals surface area contributed by atoms with Crippen molar-refractivity contribution in [3.05, 3.63) is 70.4 Å². The Bertz CT molecular complexity index is 1130. The fourth-order valence-corrected chi connectivity index (χ4v) is 4.61. The number of nitrogens with one attached hydrogen (secondary N) is 2. The summed E-state index contributed by atoms with van der Waals surface area (Å²) in [4.78, 5) is 31.0. The minimum Gasteiger partial charge on any atom is -0.468 e. The predicted molar refractivity (Wildman–Crippen MR) is 126 cm³/mol. The molecule has 2 N–H and O–H groups in total. The molecule has 6 nitrogen and oxygen atoms in total. The van der Waals surface area contributed by atoms with Gasteiger partial charge in [-0.15, -0.1) is 0 Å². The van der Waals surface area contributed by atoms with Gasteiger partial charge in [-0.3, -0.25) is 14.5 Å². The van der Waals surface area contributed by atoms with Gasteiger partial charge >= 0.3 is 5.97 Å². The van der Waals surface area contributed by atoms with E-state index in [-0.39, 0.29) is 24.0 Å². The van der Waals surface area contributed by atoms with Crippen molar-refractivity contribution in [1.82, 2.24) is 15.2 Å². The smallest absolute Gasteiger partial charge is 0.323 e. The molecule has 4 rings (SSSR count). The Morgan fingerprint density at radius 1 is 1.12 bits per heavy atom. The maximum Gasteiger partial charge on any atom is 0.323 e. The Hall–Kier alpha value is -3.12. The van der Waals surface area contributed by atoms with Gasteiger partial charge in [0.25, 0.3) is 5.91 Å². The summed E-state index contributed by atoms with van der Waals surface area (Å²) in [5, 5.41) is 4.21. The SMILES string of the molecule is CCc1ccc(CN2C[C@H](NC(=O)c3cccc4c(C)c(C)[nH]c34)C[C@H]2C(=O)OC)cc1. The first-order valence-electron chi connectivity index (χ1n) is 11.2. The fourth-order valence-electron chi connectivity index (χ4n) is 4.61. The molecule has 1 aliphatic rings. The number of esters is 1. The number of carbonyl (C=O) groups is 2. The number of H-pyrrole nitrogens is 1. The quantitative estimate of drug-likeness (QED) is 0.579. The minimum absolute atomic E-state index is 0.125. The maximum atomic E-state index is 13.2. The molecule has 2 aromatic carbocycles. The van der Waals surface area contributed by atoms with Crippen LogP contribution in [0.15, 0.2) is 42.5 Å². The number of ether oxygens (including phenoxy) is 1. The Morgan fingerprint density at radius 2 is 1.84 bits per heavy atom. The van der Waals surface area contributed by atoms with Crippen LogP contribution in [0.1, 0.15) is 46.1 Å². The predicted octanol–water partition coefficient (Wildman–Crippen LogP) is 3.89. The van der Waals surface area contributed by atoms with Crippen molar-refractivity contribution in [2.45, 2.75) is 52.2 Å². The number of hydrogen-bond donors (Lipinski definition) is 2. The lowest BCUT2D eigenvalue weighted by Gasteiger charge is -2.22. The molecular weight excluding hydrogens is 402 g/mol. The Kier molecular flexibility index (Phi) is 6.33. The number of para-hydroxylation sites is 1. The lowest BCUT2D eigenvalue weighted by molar-refractivity contribution is -0.146. The van der Waals surface area contributed by atoms with E-state index in [4.69, 9.17) is 4.74 Å². The van der Waals surface area contributed by atoms with Crippen LogP contribution in [-0.4, -0.2) is 47.5 Å². The first-order valence-corrected chi connectivity index (χ1v) is 11.2. The second-order valence-electron chi connectivity index (χ2n) is 8.65. The first kappa shape index (κ1) is 22.1. The summed E-state index contributed by atoms with van der Waals surface area (Å²) in [5.41, 5.74) is 6.13. The molecule has 1 saturated heterocycles. The minimum atomic E-state index is -0.373. The van der Waals surface area contributed by atoms with Gasteiger partial charge in [-0.2, -0.15) is 0 Å². The lowest BCUT2D eigenvalue weighted by Crippen LogP contribution is -2.37. The van der Waals surface area contributed by atoms with Crippen LogP contribution in [0.3, 0.4) is 0 Å². The molecule has 0 radical (unpaired) electrons. The monoisotopic (exact) mass is 433 g/mol. The van der Waals surface area contributed by atoms with E-state index in [0.29, 0.717) is 25.1 Å². The molecule has 6 heteroatoms. The van der Waals surface area contributed by atoms with E-state index in [0.717, 1.165) is 34.1 Å². The molecule has 1 amide bonds. The van der Waals surface area contributed by atoms with Gasteiger partial charge in [0.1, 0.15) is 6.04 Å². The lowest BCUT2D eigenvalue weighted by atomic mass is 10.1. The second-order valence-corrected chi connectivity index (χ2v) is 8.65. The number of aromatic nitrogens is 1. The summed E-state index contributed by atoms with van der Waals surface area (Å²) in [6.45, 7) is 7.44. The van der Waals surface area contributed by atoms with Gasteiger partial charge in [0.15, 0.2) is 0 Å². The molecule has 1 aromatic heterocycles. The highest BCUT2D eigenvalue weighted by molar-refractivity contribution is 6.06. The number of carbonyl (C=O) groups excluding carboxylic acids is 2. The number of fused-ring (bicyclic) bond motifs is 1. The number of likely N-dealkylation sites (tertiary alicyclic amines) is 1. The van der Waals surface area contributed by atoms with Gasteiger partial charge in [-0.05, 0) is 49.4 Å². The Balaban J connectivity index is 1.51. The zero-order chi connectivity index (χ0) is 22.8. The molecule has 0 saturated carbocycles.